The van der Waals surface area contributed by atoms with Gasteiger partial charge in [-0.3, -0.25) is 9.58 Å². The van der Waals surface area contributed by atoms with Crippen LogP contribution in [-0.4, -0.2) is 59.7 Å². The Bertz CT molecular complexity index is 743. The van der Waals surface area contributed by atoms with Crippen molar-refractivity contribution in [2.75, 3.05) is 32.8 Å². The fourth-order valence-electron chi connectivity index (χ4n) is 3.70. The van der Waals surface area contributed by atoms with Gasteiger partial charge in [0.2, 0.25) is 0 Å². The predicted octanol–water partition coefficient (Wildman–Crippen LogP) is 2.14. The smallest absolute Gasteiger partial charge is 0.131 e. The zero-order valence-corrected chi connectivity index (χ0v) is 15.6. The summed E-state index contributed by atoms with van der Waals surface area (Å²) in [7, 11) is 0. The summed E-state index contributed by atoms with van der Waals surface area (Å²) in [6, 6.07) is 6.88. The molecule has 0 amide bonds. The van der Waals surface area contributed by atoms with E-state index in [0.717, 1.165) is 56.2 Å². The molecule has 2 aliphatic heterocycles. The van der Waals surface area contributed by atoms with Crippen LogP contribution in [0.3, 0.4) is 0 Å². The largest absolute Gasteiger partial charge is 0.491 e. The van der Waals surface area contributed by atoms with Crippen molar-refractivity contribution >= 4 is 0 Å². The van der Waals surface area contributed by atoms with Crippen molar-refractivity contribution in [1.82, 2.24) is 20.0 Å². The van der Waals surface area contributed by atoms with Crippen molar-refractivity contribution in [3.05, 3.63) is 36.2 Å². The molecule has 140 valence electrons. The number of rotatable bonds is 4. The first-order chi connectivity index (χ1) is 12.7. The molecule has 1 unspecified atom stereocenters. The highest BCUT2D eigenvalue weighted by atomic mass is 16.5. The Balaban J connectivity index is 1.50. The molecule has 1 aromatic heterocycles. The molecule has 1 N–H and O–H groups in total. The van der Waals surface area contributed by atoms with Gasteiger partial charge in [-0.2, -0.15) is 5.10 Å². The molecule has 0 spiro atoms. The molecular formula is C20H28N4O2. The third-order valence-corrected chi connectivity index (χ3v) is 5.17. The lowest BCUT2D eigenvalue weighted by Gasteiger charge is -2.35. The van der Waals surface area contributed by atoms with Crippen LogP contribution in [0.2, 0.25) is 0 Å². The van der Waals surface area contributed by atoms with Crippen molar-refractivity contribution in [3.63, 3.8) is 0 Å². The molecule has 1 aromatic carbocycles. The summed E-state index contributed by atoms with van der Waals surface area (Å²) in [5.41, 5.74) is 3.42. The fraction of sp³-hybridized carbons (Fsp3) is 0.550. The average molecular weight is 356 g/mol. The Morgan fingerprint density at radius 3 is 3.12 bits per heavy atom. The predicted molar refractivity (Wildman–Crippen MR) is 101 cm³/mol. The number of fused-ring (bicyclic) bond motifs is 1. The molecule has 0 radical (unpaired) electrons. The summed E-state index contributed by atoms with van der Waals surface area (Å²) in [6.07, 6.45) is 4.22. The van der Waals surface area contributed by atoms with E-state index in [-0.39, 0.29) is 6.10 Å². The van der Waals surface area contributed by atoms with Crippen LogP contribution in [0.5, 0.6) is 5.75 Å². The average Bonchev–Trinajstić information content (AvgIpc) is 2.96. The molecule has 2 aromatic rings. The van der Waals surface area contributed by atoms with Crippen molar-refractivity contribution in [1.29, 1.82) is 0 Å². The lowest BCUT2D eigenvalue weighted by atomic mass is 10.0. The van der Waals surface area contributed by atoms with Crippen molar-refractivity contribution < 1.29 is 9.47 Å². The minimum atomic E-state index is 0.187. The SMILES string of the molecule is CC(C)N1CCOC(Cn2cc(-c3cccc4c3OCCNC4)cn2)C1. The summed E-state index contributed by atoms with van der Waals surface area (Å²) >= 11 is 0. The van der Waals surface area contributed by atoms with Crippen LogP contribution in [0.1, 0.15) is 19.4 Å². The van der Waals surface area contributed by atoms with Crippen LogP contribution in [0.4, 0.5) is 0 Å². The maximum Gasteiger partial charge on any atom is 0.131 e. The standard InChI is InChI=1S/C20H28N4O2/c1-15(2)23-7-9-25-18(13-23)14-24-12-17(11-22-24)19-5-3-4-16-10-21-6-8-26-20(16)19/h3-5,11-12,15,18,21H,6-10,13-14H2,1-2H3. The van der Waals surface area contributed by atoms with Gasteiger partial charge in [-0.25, -0.2) is 0 Å². The molecule has 0 saturated carbocycles. The second-order valence-electron chi connectivity index (χ2n) is 7.35. The van der Waals surface area contributed by atoms with Gasteiger partial charge in [0.05, 0.1) is 25.5 Å². The van der Waals surface area contributed by atoms with Gasteiger partial charge in [0, 0.05) is 55.1 Å². The van der Waals surface area contributed by atoms with Crippen LogP contribution < -0.4 is 10.1 Å². The summed E-state index contributed by atoms with van der Waals surface area (Å²) in [5, 5.41) is 7.96. The van der Waals surface area contributed by atoms with Gasteiger partial charge in [0.1, 0.15) is 12.4 Å². The molecule has 3 heterocycles. The minimum absolute atomic E-state index is 0.187. The monoisotopic (exact) mass is 356 g/mol. The van der Waals surface area contributed by atoms with Gasteiger partial charge in [0.25, 0.3) is 0 Å². The quantitative estimate of drug-likeness (QED) is 0.910. The Kier molecular flexibility index (Phi) is 5.24. The van der Waals surface area contributed by atoms with Crippen LogP contribution in [0.25, 0.3) is 11.1 Å². The van der Waals surface area contributed by atoms with E-state index in [1.165, 1.54) is 5.56 Å². The Morgan fingerprint density at radius 1 is 1.31 bits per heavy atom. The normalized spacial score (nSPS) is 21.3. The molecule has 26 heavy (non-hydrogen) atoms. The number of aromatic nitrogens is 2. The first kappa shape index (κ1) is 17.5. The molecular weight excluding hydrogens is 328 g/mol. The van der Waals surface area contributed by atoms with Crippen LogP contribution >= 0.6 is 0 Å². The molecule has 1 atom stereocenters. The van der Waals surface area contributed by atoms with E-state index >= 15 is 0 Å². The number of benzene rings is 1. The number of nitrogens with zero attached hydrogens (tertiary/aromatic N) is 3. The Morgan fingerprint density at radius 2 is 2.23 bits per heavy atom. The molecule has 1 fully saturated rings. The number of hydrogen-bond donors (Lipinski definition) is 1. The van der Waals surface area contributed by atoms with Gasteiger partial charge in [0.15, 0.2) is 0 Å². The number of hydrogen-bond acceptors (Lipinski definition) is 5. The second kappa shape index (κ2) is 7.78. The fourth-order valence-corrected chi connectivity index (χ4v) is 3.70. The zero-order chi connectivity index (χ0) is 17.9. The highest BCUT2D eigenvalue weighted by molar-refractivity contribution is 5.71. The van der Waals surface area contributed by atoms with Gasteiger partial charge < -0.3 is 14.8 Å². The van der Waals surface area contributed by atoms with E-state index in [1.807, 2.05) is 10.9 Å². The van der Waals surface area contributed by atoms with Gasteiger partial charge in [-0.05, 0) is 13.8 Å². The maximum absolute atomic E-state index is 6.00. The number of nitrogens with one attached hydrogen (secondary N) is 1. The van der Waals surface area contributed by atoms with Crippen LogP contribution in [-0.2, 0) is 17.8 Å². The first-order valence-corrected chi connectivity index (χ1v) is 9.54. The summed E-state index contributed by atoms with van der Waals surface area (Å²) in [4.78, 5) is 2.47. The number of morpholine rings is 1. The van der Waals surface area contributed by atoms with Crippen molar-refractivity contribution in [2.24, 2.45) is 0 Å². The van der Waals surface area contributed by atoms with E-state index in [1.54, 1.807) is 0 Å². The molecule has 0 aliphatic carbocycles. The van der Waals surface area contributed by atoms with Gasteiger partial charge >= 0.3 is 0 Å². The zero-order valence-electron chi connectivity index (χ0n) is 15.6. The first-order valence-electron chi connectivity index (χ1n) is 9.54. The molecule has 1 saturated heterocycles. The number of para-hydroxylation sites is 1. The maximum atomic E-state index is 6.00. The second-order valence-corrected chi connectivity index (χ2v) is 7.35. The number of ether oxygens (including phenoxy) is 2. The lowest BCUT2D eigenvalue weighted by Crippen LogP contribution is -2.47. The Labute approximate surface area is 155 Å². The molecule has 2 aliphatic rings. The van der Waals surface area contributed by atoms with Crippen LogP contribution in [0, 0.1) is 0 Å². The molecule has 6 heteroatoms. The molecule has 6 nitrogen and oxygen atoms in total. The molecule has 4 rings (SSSR count). The van der Waals surface area contributed by atoms with Crippen molar-refractivity contribution in [2.45, 2.75) is 39.1 Å². The third kappa shape index (κ3) is 3.77. The Hall–Kier alpha value is -1.89. The third-order valence-electron chi connectivity index (χ3n) is 5.17. The van der Waals surface area contributed by atoms with E-state index in [2.05, 4.69) is 53.6 Å². The highest BCUT2D eigenvalue weighted by Gasteiger charge is 2.23. The van der Waals surface area contributed by atoms with E-state index in [0.29, 0.717) is 12.6 Å². The summed E-state index contributed by atoms with van der Waals surface area (Å²) in [6.45, 7) is 10.4. The lowest BCUT2D eigenvalue weighted by molar-refractivity contribution is -0.0469. The van der Waals surface area contributed by atoms with Crippen LogP contribution in [0.15, 0.2) is 30.6 Å². The molecule has 0 bridgehead atoms. The van der Waals surface area contributed by atoms with Gasteiger partial charge in [-0.15, -0.1) is 0 Å². The minimum Gasteiger partial charge on any atom is -0.491 e. The summed E-state index contributed by atoms with van der Waals surface area (Å²) < 4.78 is 13.9. The van der Waals surface area contributed by atoms with Gasteiger partial charge in [-0.1, -0.05) is 18.2 Å². The summed E-state index contributed by atoms with van der Waals surface area (Å²) in [5.74, 6) is 0.983. The topological polar surface area (TPSA) is 51.5 Å². The highest BCUT2D eigenvalue weighted by Crippen LogP contribution is 2.34. The van der Waals surface area contributed by atoms with E-state index in [9.17, 15) is 0 Å². The van der Waals surface area contributed by atoms with E-state index < -0.39 is 0 Å². The van der Waals surface area contributed by atoms with E-state index in [4.69, 9.17) is 9.47 Å². The van der Waals surface area contributed by atoms with Crippen molar-refractivity contribution in [3.8, 4) is 16.9 Å².